The molecule has 74 valence electrons. The van der Waals surface area contributed by atoms with Gasteiger partial charge in [0.15, 0.2) is 0 Å². The van der Waals surface area contributed by atoms with E-state index in [9.17, 15) is 4.79 Å². The number of carbonyl (C=O) groups is 1. The summed E-state index contributed by atoms with van der Waals surface area (Å²) in [4.78, 5) is 12.6. The molecule has 1 aromatic carbocycles. The number of benzene rings is 1. The Labute approximate surface area is 92.6 Å². The monoisotopic (exact) mass is 226 g/mol. The molecule has 1 aliphatic rings. The maximum atomic E-state index is 11.4. The fourth-order valence-electron chi connectivity index (χ4n) is 1.69. The second-order valence-electron chi connectivity index (χ2n) is 3.21. The number of carbonyl (C=O) groups excluding carboxylic acids is 1. The first-order chi connectivity index (χ1) is 6.74. The molecule has 14 heavy (non-hydrogen) atoms. The maximum Gasteiger partial charge on any atom is 0.350 e. The van der Waals surface area contributed by atoms with Crippen LogP contribution in [0.2, 0.25) is 0 Å². The molecule has 1 heterocycles. The molecule has 0 aliphatic carbocycles. The van der Waals surface area contributed by atoms with Gasteiger partial charge in [0.1, 0.15) is 0 Å². The van der Waals surface area contributed by atoms with Gasteiger partial charge in [-0.1, -0.05) is 6.07 Å². The molecule has 0 bridgehead atoms. The van der Waals surface area contributed by atoms with Gasteiger partial charge >= 0.3 is 5.97 Å². The van der Waals surface area contributed by atoms with Gasteiger partial charge in [0.05, 0.1) is 5.56 Å². The first-order valence-electron chi connectivity index (χ1n) is 4.35. The first-order valence-corrected chi connectivity index (χ1v) is 5.70. The molecule has 0 amide bonds. The molecular formula is C10H10O2S2. The van der Waals surface area contributed by atoms with Crippen molar-refractivity contribution in [2.75, 3.05) is 5.75 Å². The summed E-state index contributed by atoms with van der Waals surface area (Å²) in [6, 6.07) is 3.77. The Morgan fingerprint density at radius 1 is 1.57 bits per heavy atom. The zero-order chi connectivity index (χ0) is 10.1. The van der Waals surface area contributed by atoms with Crippen molar-refractivity contribution in [2.45, 2.75) is 18.2 Å². The van der Waals surface area contributed by atoms with E-state index >= 15 is 0 Å². The summed E-state index contributed by atoms with van der Waals surface area (Å²) >= 11 is 5.34. The fourth-order valence-corrected chi connectivity index (χ4v) is 2.98. The van der Waals surface area contributed by atoms with E-state index in [1.807, 2.05) is 12.1 Å². The van der Waals surface area contributed by atoms with E-state index in [4.69, 9.17) is 0 Å². The third kappa shape index (κ3) is 1.53. The third-order valence-electron chi connectivity index (χ3n) is 2.36. The van der Waals surface area contributed by atoms with Crippen molar-refractivity contribution in [2.24, 2.45) is 0 Å². The van der Waals surface area contributed by atoms with E-state index in [0.29, 0.717) is 5.56 Å². The summed E-state index contributed by atoms with van der Waals surface area (Å²) < 4.78 is 4.45. The Hall–Kier alpha value is -0.610. The van der Waals surface area contributed by atoms with Crippen LogP contribution in [-0.4, -0.2) is 11.7 Å². The van der Waals surface area contributed by atoms with Crippen molar-refractivity contribution < 1.29 is 8.98 Å². The van der Waals surface area contributed by atoms with Crippen molar-refractivity contribution >= 4 is 30.6 Å². The van der Waals surface area contributed by atoms with Crippen LogP contribution in [0.25, 0.3) is 0 Å². The van der Waals surface area contributed by atoms with Gasteiger partial charge in [0.2, 0.25) is 0 Å². The molecule has 0 fully saturated rings. The Kier molecular flexibility index (Phi) is 2.74. The highest BCUT2D eigenvalue weighted by Gasteiger charge is 2.21. The van der Waals surface area contributed by atoms with Crippen molar-refractivity contribution in [3.63, 3.8) is 0 Å². The highest BCUT2D eigenvalue weighted by molar-refractivity contribution is 7.99. The smallest absolute Gasteiger partial charge is 0.350 e. The molecule has 0 N–H and O–H groups in total. The topological polar surface area (TPSA) is 26.3 Å². The number of fused-ring (bicyclic) bond motifs is 1. The van der Waals surface area contributed by atoms with E-state index in [1.54, 1.807) is 11.8 Å². The molecule has 0 saturated carbocycles. The minimum Gasteiger partial charge on any atom is -0.391 e. The molecule has 1 aliphatic heterocycles. The lowest BCUT2D eigenvalue weighted by Gasteiger charge is -2.07. The molecule has 4 heteroatoms. The van der Waals surface area contributed by atoms with Crippen LogP contribution in [0.1, 0.15) is 21.5 Å². The SMILES string of the molecule is Cc1ccc(C(=O)OS)c2c1SCC2. The van der Waals surface area contributed by atoms with Gasteiger partial charge in [0, 0.05) is 23.6 Å². The van der Waals surface area contributed by atoms with Crippen LogP contribution in [0.3, 0.4) is 0 Å². The lowest BCUT2D eigenvalue weighted by atomic mass is 10.0. The van der Waals surface area contributed by atoms with Crippen LogP contribution < -0.4 is 0 Å². The van der Waals surface area contributed by atoms with Crippen LogP contribution in [0.15, 0.2) is 17.0 Å². The van der Waals surface area contributed by atoms with Gasteiger partial charge in [-0.3, -0.25) is 0 Å². The number of hydrogen-bond donors (Lipinski definition) is 1. The van der Waals surface area contributed by atoms with Crippen molar-refractivity contribution in [1.82, 2.24) is 0 Å². The zero-order valence-corrected chi connectivity index (χ0v) is 9.45. The molecular weight excluding hydrogens is 216 g/mol. The van der Waals surface area contributed by atoms with E-state index in [2.05, 4.69) is 24.0 Å². The Morgan fingerprint density at radius 2 is 2.36 bits per heavy atom. The predicted molar refractivity (Wildman–Crippen MR) is 60.0 cm³/mol. The number of thiol groups is 1. The van der Waals surface area contributed by atoms with E-state index in [1.165, 1.54) is 10.5 Å². The number of aryl methyl sites for hydroxylation is 1. The summed E-state index contributed by atoms with van der Waals surface area (Å²) in [5, 5.41) is 0. The normalized spacial score (nSPS) is 13.9. The molecule has 1 aromatic rings. The van der Waals surface area contributed by atoms with Gasteiger partial charge in [-0.05, 0) is 30.5 Å². The van der Waals surface area contributed by atoms with Gasteiger partial charge in [-0.25, -0.2) is 4.79 Å². The largest absolute Gasteiger partial charge is 0.391 e. The summed E-state index contributed by atoms with van der Waals surface area (Å²) in [5.74, 6) is 0.694. The van der Waals surface area contributed by atoms with Gasteiger partial charge < -0.3 is 4.18 Å². The number of hydrogen-bond acceptors (Lipinski definition) is 4. The Bertz CT molecular complexity index is 388. The van der Waals surface area contributed by atoms with Crippen LogP contribution >= 0.6 is 24.7 Å². The average molecular weight is 226 g/mol. The van der Waals surface area contributed by atoms with E-state index in [0.717, 1.165) is 17.7 Å². The van der Waals surface area contributed by atoms with Gasteiger partial charge in [0.25, 0.3) is 0 Å². The third-order valence-corrected chi connectivity index (χ3v) is 3.79. The van der Waals surface area contributed by atoms with Crippen LogP contribution in [-0.2, 0) is 10.6 Å². The summed E-state index contributed by atoms with van der Waals surface area (Å²) in [7, 11) is 0. The molecule has 0 radical (unpaired) electrons. The van der Waals surface area contributed by atoms with E-state index < -0.39 is 0 Å². The maximum absolute atomic E-state index is 11.4. The van der Waals surface area contributed by atoms with Gasteiger partial charge in [-0.15, -0.1) is 11.8 Å². The summed E-state index contributed by atoms with van der Waals surface area (Å²) in [6.07, 6.45) is 0.944. The van der Waals surface area contributed by atoms with Crippen molar-refractivity contribution in [3.8, 4) is 0 Å². The van der Waals surface area contributed by atoms with Crippen LogP contribution in [0.4, 0.5) is 0 Å². The number of rotatable bonds is 1. The fraction of sp³-hybridized carbons (Fsp3) is 0.300. The second kappa shape index (κ2) is 3.87. The first kappa shape index (κ1) is 9.93. The molecule has 0 spiro atoms. The summed E-state index contributed by atoms with van der Waals surface area (Å²) in [5.41, 5.74) is 3.01. The molecule has 2 rings (SSSR count). The molecule has 0 aromatic heterocycles. The van der Waals surface area contributed by atoms with Crippen LogP contribution in [0, 0.1) is 6.92 Å². The average Bonchev–Trinajstić information content (AvgIpc) is 2.67. The zero-order valence-electron chi connectivity index (χ0n) is 7.74. The molecule has 0 atom stereocenters. The Balaban J connectivity index is 2.53. The molecule has 2 nitrogen and oxygen atoms in total. The summed E-state index contributed by atoms with van der Waals surface area (Å²) in [6.45, 7) is 2.06. The minimum atomic E-state index is -0.355. The van der Waals surface area contributed by atoms with Gasteiger partial charge in [-0.2, -0.15) is 0 Å². The lowest BCUT2D eigenvalue weighted by Crippen LogP contribution is -2.03. The standard InChI is InChI=1S/C10H10O2S2/c1-6-2-3-8(10(11)12-13)7-4-5-14-9(6)7/h2-3,13H,4-5H2,1H3. The highest BCUT2D eigenvalue weighted by atomic mass is 32.2. The Morgan fingerprint density at radius 3 is 3.07 bits per heavy atom. The minimum absolute atomic E-state index is 0.355. The van der Waals surface area contributed by atoms with Crippen molar-refractivity contribution in [3.05, 3.63) is 28.8 Å². The van der Waals surface area contributed by atoms with Crippen LogP contribution in [0.5, 0.6) is 0 Å². The quantitative estimate of drug-likeness (QED) is 0.589. The molecule has 0 saturated heterocycles. The number of thioether (sulfide) groups is 1. The highest BCUT2D eigenvalue weighted by Crippen LogP contribution is 2.36. The second-order valence-corrected chi connectivity index (χ2v) is 4.50. The van der Waals surface area contributed by atoms with Crippen molar-refractivity contribution in [1.29, 1.82) is 0 Å². The lowest BCUT2D eigenvalue weighted by molar-refractivity contribution is 0.0771. The molecule has 0 unspecified atom stereocenters. The van der Waals surface area contributed by atoms with E-state index in [-0.39, 0.29) is 5.97 Å². The predicted octanol–water partition coefficient (Wildman–Crippen LogP) is 2.64.